The van der Waals surface area contributed by atoms with Crippen molar-refractivity contribution in [2.75, 3.05) is 0 Å². The third-order valence-corrected chi connectivity index (χ3v) is 3.50. The van der Waals surface area contributed by atoms with Crippen LogP contribution in [0.5, 0.6) is 0 Å². The Hall–Kier alpha value is -1.38. The molecule has 0 fully saturated rings. The molecule has 17 heavy (non-hydrogen) atoms. The third-order valence-electron chi connectivity index (χ3n) is 3.50. The van der Waals surface area contributed by atoms with Gasteiger partial charge in [0.05, 0.1) is 11.2 Å². The van der Waals surface area contributed by atoms with Crippen LogP contribution in [0.15, 0.2) is 24.4 Å². The van der Waals surface area contributed by atoms with Gasteiger partial charge in [-0.1, -0.05) is 44.9 Å². The van der Waals surface area contributed by atoms with Gasteiger partial charge in [0.25, 0.3) is 0 Å². The minimum absolute atomic E-state index is 0.159. The number of nitrogens with zero attached hydrogens (tertiary/aromatic N) is 3. The monoisotopic (exact) mass is 231 g/mol. The Morgan fingerprint density at radius 1 is 1.18 bits per heavy atom. The van der Waals surface area contributed by atoms with Crippen LogP contribution in [-0.2, 0) is 5.41 Å². The number of hydrogen-bond donors (Lipinski definition) is 0. The molecule has 0 atom stereocenters. The molecular formula is C14H21N3. The van der Waals surface area contributed by atoms with Gasteiger partial charge in [0, 0.05) is 11.6 Å². The summed E-state index contributed by atoms with van der Waals surface area (Å²) in [5, 5.41) is 8.63. The van der Waals surface area contributed by atoms with E-state index in [1.807, 2.05) is 16.8 Å². The van der Waals surface area contributed by atoms with Gasteiger partial charge in [-0.3, -0.25) is 0 Å². The van der Waals surface area contributed by atoms with E-state index >= 15 is 0 Å². The van der Waals surface area contributed by atoms with Gasteiger partial charge in [0.1, 0.15) is 0 Å². The summed E-state index contributed by atoms with van der Waals surface area (Å²) < 4.78 is 1.87. The van der Waals surface area contributed by atoms with Crippen LogP contribution < -0.4 is 0 Å². The Labute approximate surface area is 103 Å². The second-order valence-corrected chi connectivity index (χ2v) is 5.03. The molecule has 0 spiro atoms. The standard InChI is InChI=1S/C14H21N3/c1-4-9-14(3,10-5-2)13-12-8-6-7-11-17(12)16-15-13/h6-8,11H,4-5,9-10H2,1-3H3. The van der Waals surface area contributed by atoms with Crippen LogP contribution in [0.4, 0.5) is 0 Å². The lowest BCUT2D eigenvalue weighted by Gasteiger charge is -2.26. The predicted molar refractivity (Wildman–Crippen MR) is 70.2 cm³/mol. The summed E-state index contributed by atoms with van der Waals surface area (Å²) >= 11 is 0. The molecule has 2 heterocycles. The largest absolute Gasteiger partial charge is 0.220 e. The highest BCUT2D eigenvalue weighted by molar-refractivity contribution is 5.53. The summed E-state index contributed by atoms with van der Waals surface area (Å²) in [5.74, 6) is 0. The van der Waals surface area contributed by atoms with Crippen molar-refractivity contribution in [3.8, 4) is 0 Å². The van der Waals surface area contributed by atoms with Gasteiger partial charge in [0.2, 0.25) is 0 Å². The molecule has 0 bridgehead atoms. The van der Waals surface area contributed by atoms with E-state index in [4.69, 9.17) is 0 Å². The fourth-order valence-electron chi connectivity index (χ4n) is 2.74. The maximum absolute atomic E-state index is 4.42. The quantitative estimate of drug-likeness (QED) is 0.787. The molecular weight excluding hydrogens is 210 g/mol. The van der Waals surface area contributed by atoms with Crippen molar-refractivity contribution < 1.29 is 0 Å². The van der Waals surface area contributed by atoms with Crippen molar-refractivity contribution in [3.05, 3.63) is 30.1 Å². The SMILES string of the molecule is CCCC(C)(CCC)c1nnn2ccccc12. The first-order chi connectivity index (χ1) is 8.21. The summed E-state index contributed by atoms with van der Waals surface area (Å²) in [6.07, 6.45) is 6.67. The zero-order chi connectivity index (χ0) is 12.3. The number of hydrogen-bond acceptors (Lipinski definition) is 2. The fraction of sp³-hybridized carbons (Fsp3) is 0.571. The summed E-state index contributed by atoms with van der Waals surface area (Å²) in [5.41, 5.74) is 2.46. The molecule has 0 amide bonds. The van der Waals surface area contributed by atoms with Crippen molar-refractivity contribution in [2.45, 2.75) is 51.9 Å². The van der Waals surface area contributed by atoms with Gasteiger partial charge in [-0.2, -0.15) is 0 Å². The molecule has 0 N–H and O–H groups in total. The molecule has 0 saturated carbocycles. The minimum Gasteiger partial charge on any atom is -0.220 e. The van der Waals surface area contributed by atoms with Gasteiger partial charge in [-0.25, -0.2) is 4.52 Å². The van der Waals surface area contributed by atoms with E-state index < -0.39 is 0 Å². The Morgan fingerprint density at radius 3 is 2.53 bits per heavy atom. The van der Waals surface area contributed by atoms with Gasteiger partial charge in [-0.15, -0.1) is 5.10 Å². The van der Waals surface area contributed by atoms with Crippen LogP contribution in [0, 0.1) is 0 Å². The number of rotatable bonds is 5. The van der Waals surface area contributed by atoms with Crippen LogP contribution in [0.3, 0.4) is 0 Å². The lowest BCUT2D eigenvalue weighted by molar-refractivity contribution is 0.383. The lowest BCUT2D eigenvalue weighted by atomic mass is 9.78. The predicted octanol–water partition coefficient (Wildman–Crippen LogP) is 3.59. The van der Waals surface area contributed by atoms with E-state index in [2.05, 4.69) is 43.2 Å². The molecule has 0 aliphatic rings. The van der Waals surface area contributed by atoms with E-state index in [-0.39, 0.29) is 5.41 Å². The summed E-state index contributed by atoms with van der Waals surface area (Å²) in [6, 6.07) is 6.15. The molecule has 0 radical (unpaired) electrons. The van der Waals surface area contributed by atoms with Gasteiger partial charge >= 0.3 is 0 Å². The molecule has 0 saturated heterocycles. The van der Waals surface area contributed by atoms with Crippen LogP contribution in [0.2, 0.25) is 0 Å². The molecule has 2 aromatic rings. The number of aromatic nitrogens is 3. The number of fused-ring (bicyclic) bond motifs is 1. The molecule has 2 aromatic heterocycles. The molecule has 3 heteroatoms. The van der Waals surface area contributed by atoms with Crippen molar-refractivity contribution >= 4 is 5.52 Å². The third kappa shape index (κ3) is 2.19. The Bertz CT molecular complexity index is 481. The smallest absolute Gasteiger partial charge is 0.0964 e. The van der Waals surface area contributed by atoms with Crippen LogP contribution in [0.25, 0.3) is 5.52 Å². The van der Waals surface area contributed by atoms with Crippen LogP contribution in [0.1, 0.15) is 52.1 Å². The summed E-state index contributed by atoms with van der Waals surface area (Å²) in [7, 11) is 0. The first-order valence-electron chi connectivity index (χ1n) is 6.52. The zero-order valence-corrected chi connectivity index (χ0v) is 11.0. The molecule has 92 valence electrons. The fourth-order valence-corrected chi connectivity index (χ4v) is 2.74. The molecule has 0 aliphatic heterocycles. The Balaban J connectivity index is 2.48. The average Bonchev–Trinajstić information content (AvgIpc) is 2.74. The van der Waals surface area contributed by atoms with Gasteiger partial charge in [-0.05, 0) is 25.0 Å². The highest BCUT2D eigenvalue weighted by Crippen LogP contribution is 2.34. The van der Waals surface area contributed by atoms with Crippen molar-refractivity contribution in [1.29, 1.82) is 0 Å². The van der Waals surface area contributed by atoms with E-state index in [9.17, 15) is 0 Å². The first-order valence-corrected chi connectivity index (χ1v) is 6.52. The van der Waals surface area contributed by atoms with E-state index in [0.717, 1.165) is 11.2 Å². The van der Waals surface area contributed by atoms with Crippen molar-refractivity contribution in [3.63, 3.8) is 0 Å². The summed E-state index contributed by atoms with van der Waals surface area (Å²) in [6.45, 7) is 6.79. The topological polar surface area (TPSA) is 30.2 Å². The maximum Gasteiger partial charge on any atom is 0.0964 e. The molecule has 3 nitrogen and oxygen atoms in total. The Morgan fingerprint density at radius 2 is 1.88 bits per heavy atom. The Kier molecular flexibility index (Phi) is 3.46. The summed E-state index contributed by atoms with van der Waals surface area (Å²) in [4.78, 5) is 0. The second-order valence-electron chi connectivity index (χ2n) is 5.03. The normalized spacial score (nSPS) is 12.2. The number of pyridine rings is 1. The zero-order valence-electron chi connectivity index (χ0n) is 11.0. The molecule has 0 unspecified atom stereocenters. The maximum atomic E-state index is 4.42. The highest BCUT2D eigenvalue weighted by Gasteiger charge is 2.29. The molecule has 2 rings (SSSR count). The van der Waals surface area contributed by atoms with E-state index in [1.165, 1.54) is 25.7 Å². The van der Waals surface area contributed by atoms with Crippen LogP contribution in [-0.4, -0.2) is 14.8 Å². The molecule has 0 aliphatic carbocycles. The van der Waals surface area contributed by atoms with Crippen LogP contribution >= 0.6 is 0 Å². The molecule has 0 aromatic carbocycles. The highest BCUT2D eigenvalue weighted by atomic mass is 15.4. The average molecular weight is 231 g/mol. The van der Waals surface area contributed by atoms with Crippen molar-refractivity contribution in [2.24, 2.45) is 0 Å². The van der Waals surface area contributed by atoms with Gasteiger partial charge in [0.15, 0.2) is 0 Å². The second kappa shape index (κ2) is 4.86. The van der Waals surface area contributed by atoms with Gasteiger partial charge < -0.3 is 0 Å². The first kappa shape index (κ1) is 12.1. The van der Waals surface area contributed by atoms with E-state index in [0.29, 0.717) is 0 Å². The van der Waals surface area contributed by atoms with E-state index in [1.54, 1.807) is 0 Å². The lowest BCUT2D eigenvalue weighted by Crippen LogP contribution is -2.22. The van der Waals surface area contributed by atoms with Crippen molar-refractivity contribution in [1.82, 2.24) is 14.8 Å². The minimum atomic E-state index is 0.159.